The van der Waals surface area contributed by atoms with Gasteiger partial charge in [0.1, 0.15) is 5.78 Å². The van der Waals surface area contributed by atoms with Gasteiger partial charge in [0.15, 0.2) is 0 Å². The van der Waals surface area contributed by atoms with Crippen LogP contribution in [0.5, 0.6) is 0 Å². The first-order valence-corrected chi connectivity index (χ1v) is 12.4. The van der Waals surface area contributed by atoms with E-state index < -0.39 is 34.7 Å². The van der Waals surface area contributed by atoms with E-state index in [2.05, 4.69) is 5.32 Å². The van der Waals surface area contributed by atoms with E-state index in [0.717, 1.165) is 30.5 Å². The minimum absolute atomic E-state index is 0.0436. The summed E-state index contributed by atoms with van der Waals surface area (Å²) < 4.78 is 46.2. The average Bonchev–Trinajstić information content (AvgIpc) is 3.69. The summed E-state index contributed by atoms with van der Waals surface area (Å²) in [7, 11) is 0. The Balaban J connectivity index is 1.54. The Morgan fingerprint density at radius 1 is 1.14 bits per heavy atom. The highest BCUT2D eigenvalue weighted by molar-refractivity contribution is 5.91. The Hall–Kier alpha value is -2.71. The molecule has 0 spiro atoms. The topological polar surface area (TPSA) is 81.4 Å². The van der Waals surface area contributed by atoms with Crippen LogP contribution in [0.1, 0.15) is 67.4 Å². The maximum atomic E-state index is 13.3. The molecular formula is C28H33F3N2O3. The summed E-state index contributed by atoms with van der Waals surface area (Å²) in [6, 6.07) is 13.6. The summed E-state index contributed by atoms with van der Waals surface area (Å²) in [5, 5.41) is 3.48. The number of halogens is 3. The zero-order valence-electron chi connectivity index (χ0n) is 20.7. The summed E-state index contributed by atoms with van der Waals surface area (Å²) in [6.07, 6.45) is -2.24. The molecule has 0 aromatic heterocycles. The number of rotatable bonds is 9. The second-order valence-electron chi connectivity index (χ2n) is 10.4. The van der Waals surface area contributed by atoms with E-state index in [-0.39, 0.29) is 31.3 Å². The van der Waals surface area contributed by atoms with Crippen molar-refractivity contribution in [3.05, 3.63) is 70.8 Å². The minimum atomic E-state index is -4.44. The van der Waals surface area contributed by atoms with E-state index in [1.165, 1.54) is 0 Å². The highest BCUT2D eigenvalue weighted by atomic mass is 19.4. The van der Waals surface area contributed by atoms with Crippen LogP contribution in [0.2, 0.25) is 0 Å². The molecule has 3 atom stereocenters. The van der Waals surface area contributed by atoms with Crippen molar-refractivity contribution in [1.29, 1.82) is 0 Å². The molecule has 2 aromatic rings. The Bertz CT molecular complexity index is 1100. The van der Waals surface area contributed by atoms with Gasteiger partial charge in [-0.05, 0) is 62.8 Å². The van der Waals surface area contributed by atoms with Crippen molar-refractivity contribution in [3.8, 4) is 0 Å². The lowest BCUT2D eigenvalue weighted by molar-refractivity contribution is -0.138. The lowest BCUT2D eigenvalue weighted by atomic mass is 9.69. The fraction of sp³-hybridized carbons (Fsp3) is 0.500. The number of amides is 1. The summed E-state index contributed by atoms with van der Waals surface area (Å²) in [5.41, 5.74) is 5.38. The molecule has 8 heteroatoms. The molecular weight excluding hydrogens is 469 g/mol. The zero-order chi connectivity index (χ0) is 26.1. The highest BCUT2D eigenvalue weighted by Gasteiger charge is 2.49. The monoisotopic (exact) mass is 502 g/mol. The smallest absolute Gasteiger partial charge is 0.372 e. The van der Waals surface area contributed by atoms with Crippen LogP contribution in [0.15, 0.2) is 48.5 Å². The van der Waals surface area contributed by atoms with Gasteiger partial charge in [0, 0.05) is 18.9 Å². The fourth-order valence-corrected chi connectivity index (χ4v) is 5.08. The number of carbonyl (C=O) groups excluding carboxylic acids is 2. The SMILES string of the molecule is Cc1cc([C@@H](C)OC[C@@]2(c3ccccc3)CC[C@@](CC(=O)C3CC3)(C(N)=O)CN2)cc(C(F)(F)F)c1. The standard InChI is InChI=1S/C28H33F3N2O3/c1-18-12-21(14-23(13-18)28(29,30)31)19(2)36-17-27(22-6-4-3-5-7-22)11-10-26(16-33-27,25(32)35)15-24(34)20-8-9-20/h3-7,12-14,19-20,33H,8-11,15-17H2,1-2H3,(H2,32,35)/t19-,26+,27-/m1/s1. The van der Waals surface area contributed by atoms with Crippen LogP contribution in [0.25, 0.3) is 0 Å². The van der Waals surface area contributed by atoms with Crippen molar-refractivity contribution in [2.75, 3.05) is 13.2 Å². The van der Waals surface area contributed by atoms with E-state index in [9.17, 15) is 22.8 Å². The molecule has 1 saturated heterocycles. The van der Waals surface area contributed by atoms with E-state index in [1.807, 2.05) is 30.3 Å². The molecule has 3 N–H and O–H groups in total. The number of hydrogen-bond acceptors (Lipinski definition) is 4. The number of nitrogens with one attached hydrogen (secondary N) is 1. The number of nitrogens with two attached hydrogens (primary N) is 1. The van der Waals surface area contributed by atoms with E-state index in [4.69, 9.17) is 10.5 Å². The van der Waals surface area contributed by atoms with Crippen LogP contribution >= 0.6 is 0 Å². The van der Waals surface area contributed by atoms with E-state index in [0.29, 0.717) is 24.0 Å². The van der Waals surface area contributed by atoms with Gasteiger partial charge >= 0.3 is 6.18 Å². The second kappa shape index (κ2) is 9.98. The van der Waals surface area contributed by atoms with Crippen LogP contribution in [0.3, 0.4) is 0 Å². The lowest BCUT2D eigenvalue weighted by Crippen LogP contribution is -2.59. The minimum Gasteiger partial charge on any atom is -0.372 e. The first kappa shape index (κ1) is 26.4. The molecule has 1 aliphatic carbocycles. The van der Waals surface area contributed by atoms with Gasteiger partial charge in [0.2, 0.25) is 5.91 Å². The highest BCUT2D eigenvalue weighted by Crippen LogP contribution is 2.43. The Morgan fingerprint density at radius 3 is 2.39 bits per heavy atom. The number of benzene rings is 2. The predicted octanol–water partition coefficient (Wildman–Crippen LogP) is 5.21. The van der Waals surface area contributed by atoms with Crippen molar-refractivity contribution in [2.45, 2.75) is 63.8 Å². The Morgan fingerprint density at radius 2 is 1.83 bits per heavy atom. The largest absolute Gasteiger partial charge is 0.416 e. The van der Waals surface area contributed by atoms with Gasteiger partial charge in [-0.2, -0.15) is 13.2 Å². The third-order valence-corrected chi connectivity index (χ3v) is 7.67. The molecule has 36 heavy (non-hydrogen) atoms. The maximum Gasteiger partial charge on any atom is 0.416 e. The van der Waals surface area contributed by atoms with Crippen LogP contribution < -0.4 is 11.1 Å². The van der Waals surface area contributed by atoms with Crippen LogP contribution in [-0.4, -0.2) is 24.8 Å². The average molecular weight is 503 g/mol. The number of hydrogen-bond donors (Lipinski definition) is 2. The fourth-order valence-electron chi connectivity index (χ4n) is 5.08. The molecule has 0 unspecified atom stereocenters. The molecule has 4 rings (SSSR count). The third-order valence-electron chi connectivity index (χ3n) is 7.67. The molecule has 1 heterocycles. The second-order valence-corrected chi connectivity index (χ2v) is 10.4. The molecule has 2 aliphatic rings. The van der Waals surface area contributed by atoms with Gasteiger partial charge < -0.3 is 15.8 Å². The van der Waals surface area contributed by atoms with Crippen LogP contribution in [-0.2, 0) is 26.0 Å². The number of piperidine rings is 1. The van der Waals surface area contributed by atoms with Gasteiger partial charge in [0.05, 0.1) is 29.2 Å². The van der Waals surface area contributed by atoms with Gasteiger partial charge in [0.25, 0.3) is 0 Å². The number of alkyl halides is 3. The zero-order valence-corrected chi connectivity index (χ0v) is 20.7. The maximum absolute atomic E-state index is 13.3. The normalized spacial score (nSPS) is 25.4. The van der Waals surface area contributed by atoms with Gasteiger partial charge in [-0.15, -0.1) is 0 Å². The van der Waals surface area contributed by atoms with E-state index in [1.54, 1.807) is 19.9 Å². The van der Waals surface area contributed by atoms with Crippen molar-refractivity contribution >= 4 is 11.7 Å². The van der Waals surface area contributed by atoms with E-state index >= 15 is 0 Å². The van der Waals surface area contributed by atoms with Gasteiger partial charge in [-0.1, -0.05) is 42.0 Å². The Labute approximate surface area is 209 Å². The summed E-state index contributed by atoms with van der Waals surface area (Å²) in [5.74, 6) is -0.353. The number of ketones is 1. The van der Waals surface area contributed by atoms with Gasteiger partial charge in [-0.3, -0.25) is 9.59 Å². The number of Topliss-reactive ketones (excluding diaryl/α,β-unsaturated/α-hetero) is 1. The number of ether oxygens (including phenoxy) is 1. The number of aryl methyl sites for hydroxylation is 1. The Kier molecular flexibility index (Phi) is 7.30. The first-order chi connectivity index (χ1) is 16.9. The molecule has 2 fully saturated rings. The quantitative estimate of drug-likeness (QED) is 0.493. The van der Waals surface area contributed by atoms with Crippen molar-refractivity contribution in [1.82, 2.24) is 5.32 Å². The molecule has 2 aromatic carbocycles. The molecule has 5 nitrogen and oxygen atoms in total. The number of carbonyl (C=O) groups is 2. The summed E-state index contributed by atoms with van der Waals surface area (Å²) >= 11 is 0. The predicted molar refractivity (Wildman–Crippen MR) is 130 cm³/mol. The van der Waals surface area contributed by atoms with Crippen molar-refractivity contribution in [2.24, 2.45) is 17.1 Å². The lowest BCUT2D eigenvalue weighted by Gasteiger charge is -2.46. The summed E-state index contributed by atoms with van der Waals surface area (Å²) in [6.45, 7) is 3.78. The molecule has 0 bridgehead atoms. The molecule has 1 aliphatic heterocycles. The molecule has 0 radical (unpaired) electrons. The molecule has 194 valence electrons. The number of primary amides is 1. The first-order valence-electron chi connectivity index (χ1n) is 12.4. The third kappa shape index (κ3) is 5.65. The van der Waals surface area contributed by atoms with Crippen molar-refractivity contribution in [3.63, 3.8) is 0 Å². The van der Waals surface area contributed by atoms with Crippen LogP contribution in [0, 0.1) is 18.3 Å². The molecule has 1 saturated carbocycles. The summed E-state index contributed by atoms with van der Waals surface area (Å²) in [4.78, 5) is 25.1. The van der Waals surface area contributed by atoms with Gasteiger partial charge in [-0.25, -0.2) is 0 Å². The van der Waals surface area contributed by atoms with Crippen molar-refractivity contribution < 1.29 is 27.5 Å². The van der Waals surface area contributed by atoms with Crippen LogP contribution in [0.4, 0.5) is 13.2 Å². The molecule has 1 amide bonds.